The number of halogens is 1. The molecule has 0 saturated carbocycles. The Kier molecular flexibility index (Phi) is 20.0. The predicted octanol–water partition coefficient (Wildman–Crippen LogP) is 4.16. The second-order valence-corrected chi connectivity index (χ2v) is 2.97. The maximum atomic E-state index is 3.93. The van der Waals surface area contributed by atoms with Gasteiger partial charge in [0, 0.05) is 19.4 Å². The van der Waals surface area contributed by atoms with E-state index in [4.69, 9.17) is 0 Å². The molecule has 18 heavy (non-hydrogen) atoms. The lowest BCUT2D eigenvalue weighted by atomic mass is 10.4. The topological polar surface area (TPSA) is 46.5 Å². The first-order valence-corrected chi connectivity index (χ1v) is 7.62. The lowest BCUT2D eigenvalue weighted by Gasteiger charge is -1.78. The number of aryl methyl sites for hydroxylation is 3. The highest BCUT2D eigenvalue weighted by Crippen LogP contribution is 1.88. The lowest BCUT2D eigenvalue weighted by molar-refractivity contribution is 0.767. The molecule has 0 bridgehead atoms. The molecule has 4 nitrogen and oxygen atoms in total. The van der Waals surface area contributed by atoms with Gasteiger partial charge in [0.25, 0.3) is 0 Å². The van der Waals surface area contributed by atoms with E-state index < -0.39 is 0 Å². The van der Waals surface area contributed by atoms with Crippen LogP contribution in [0.1, 0.15) is 32.4 Å². The van der Waals surface area contributed by atoms with Crippen LogP contribution in [0.3, 0.4) is 0 Å². The van der Waals surface area contributed by atoms with Crippen molar-refractivity contribution < 1.29 is 0 Å². The van der Waals surface area contributed by atoms with E-state index in [9.17, 15) is 0 Å². The molecule has 2 heterocycles. The third-order valence-corrected chi connectivity index (χ3v) is 1.47. The Balaban J connectivity index is -0.000000189. The molecule has 2 aromatic rings. The molecular weight excluding hydrogens is 339 g/mol. The number of H-pyrrole nitrogens is 1. The largest absolute Gasteiger partial charge is 0.285 e. The average molecular weight is 366 g/mol. The van der Waals surface area contributed by atoms with Crippen molar-refractivity contribution in [3.05, 3.63) is 35.9 Å². The molecule has 0 saturated heterocycles. The summed E-state index contributed by atoms with van der Waals surface area (Å²) in [7, 11) is 1.91. The number of rotatable bonds is 0. The van der Waals surface area contributed by atoms with Gasteiger partial charge in [-0.25, -0.2) is 0 Å². The van der Waals surface area contributed by atoms with Gasteiger partial charge in [-0.2, -0.15) is 10.2 Å². The van der Waals surface area contributed by atoms with Crippen LogP contribution in [0, 0.1) is 13.8 Å². The van der Waals surface area contributed by atoms with Gasteiger partial charge in [0.1, 0.15) is 0 Å². The molecule has 0 amide bonds. The minimum Gasteiger partial charge on any atom is -0.285 e. The SMILES string of the molecule is C.CC.CI.Cc1cn[nH]c1.Cc1cnn(C)c1. The molecule has 2 rings (SSSR count). The van der Waals surface area contributed by atoms with Crippen LogP contribution in [0.15, 0.2) is 24.8 Å². The summed E-state index contributed by atoms with van der Waals surface area (Å²) < 4.78 is 1.79. The van der Waals surface area contributed by atoms with E-state index in [2.05, 4.69) is 37.9 Å². The van der Waals surface area contributed by atoms with E-state index in [1.54, 1.807) is 10.9 Å². The molecule has 0 atom stereocenters. The van der Waals surface area contributed by atoms with E-state index in [0.717, 1.165) is 0 Å². The van der Waals surface area contributed by atoms with Gasteiger partial charge in [-0.3, -0.25) is 9.78 Å². The summed E-state index contributed by atoms with van der Waals surface area (Å²) >= 11 is 2.15. The average Bonchev–Trinajstić information content (AvgIpc) is 2.97. The van der Waals surface area contributed by atoms with E-state index >= 15 is 0 Å². The number of hydrogen-bond donors (Lipinski definition) is 1. The standard InChI is InChI=1S/C5H8N2.C4H6N2.C2H6.CH3I.CH4/c1-5-3-6-7(2)4-5;1-4-2-5-6-3-4;2*1-2;/h3-4H,1-2H3;2-3H,1H3,(H,5,6);1-2H3;1H3;1H4. The molecule has 1 N–H and O–H groups in total. The third kappa shape index (κ3) is 13.2. The minimum atomic E-state index is 0. The Morgan fingerprint density at radius 3 is 1.78 bits per heavy atom. The van der Waals surface area contributed by atoms with Crippen LogP contribution >= 0.6 is 22.6 Å². The molecular formula is C13H27IN4. The minimum absolute atomic E-state index is 0. The summed E-state index contributed by atoms with van der Waals surface area (Å²) in [5, 5.41) is 10.3. The first-order valence-electron chi connectivity index (χ1n) is 5.47. The highest BCUT2D eigenvalue weighted by Gasteiger charge is 1.81. The Morgan fingerprint density at radius 2 is 1.67 bits per heavy atom. The van der Waals surface area contributed by atoms with Crippen molar-refractivity contribution in [2.45, 2.75) is 35.1 Å². The van der Waals surface area contributed by atoms with Gasteiger partial charge in [-0.15, -0.1) is 0 Å². The molecule has 2 aromatic heterocycles. The summed E-state index contributed by atoms with van der Waals surface area (Å²) in [5.74, 6) is 0. The molecule has 0 aliphatic rings. The molecule has 0 unspecified atom stereocenters. The summed E-state index contributed by atoms with van der Waals surface area (Å²) in [6, 6.07) is 0. The Morgan fingerprint density at radius 1 is 1.11 bits per heavy atom. The Bertz CT molecular complexity index is 325. The van der Waals surface area contributed by atoms with Crippen molar-refractivity contribution in [2.75, 3.05) is 4.93 Å². The number of aromatic amines is 1. The predicted molar refractivity (Wildman–Crippen MR) is 89.3 cm³/mol. The number of nitrogens with one attached hydrogen (secondary N) is 1. The third-order valence-electron chi connectivity index (χ3n) is 1.47. The van der Waals surface area contributed by atoms with Crippen molar-refractivity contribution in [3.8, 4) is 0 Å². The van der Waals surface area contributed by atoms with Crippen LogP contribution in [0.25, 0.3) is 0 Å². The lowest BCUT2D eigenvalue weighted by Crippen LogP contribution is -1.83. The zero-order chi connectivity index (χ0) is 13.7. The van der Waals surface area contributed by atoms with Crippen molar-refractivity contribution in [1.29, 1.82) is 0 Å². The van der Waals surface area contributed by atoms with Crippen LogP contribution in [0.4, 0.5) is 0 Å². The van der Waals surface area contributed by atoms with Gasteiger partial charge in [0.2, 0.25) is 0 Å². The van der Waals surface area contributed by atoms with Gasteiger partial charge >= 0.3 is 0 Å². The van der Waals surface area contributed by atoms with E-state index in [1.807, 2.05) is 58.3 Å². The normalized spacial score (nSPS) is 7.28. The van der Waals surface area contributed by atoms with Crippen LogP contribution in [-0.4, -0.2) is 24.9 Å². The summed E-state index contributed by atoms with van der Waals surface area (Å²) in [4.78, 5) is 1.97. The van der Waals surface area contributed by atoms with Gasteiger partial charge < -0.3 is 0 Å². The molecule has 0 aliphatic carbocycles. The smallest absolute Gasteiger partial charge is 0.0518 e. The van der Waals surface area contributed by atoms with E-state index in [1.165, 1.54) is 11.1 Å². The van der Waals surface area contributed by atoms with Gasteiger partial charge in [-0.1, -0.05) is 43.9 Å². The van der Waals surface area contributed by atoms with Crippen LogP contribution in [0.5, 0.6) is 0 Å². The van der Waals surface area contributed by atoms with Crippen molar-refractivity contribution in [1.82, 2.24) is 20.0 Å². The molecule has 0 radical (unpaired) electrons. The fraction of sp³-hybridized carbons (Fsp3) is 0.538. The zero-order valence-electron chi connectivity index (χ0n) is 11.5. The Hall–Kier alpha value is -0.850. The summed E-state index contributed by atoms with van der Waals surface area (Å²) in [6.45, 7) is 8.01. The van der Waals surface area contributed by atoms with Crippen LogP contribution in [0.2, 0.25) is 0 Å². The van der Waals surface area contributed by atoms with Gasteiger partial charge in [0.15, 0.2) is 0 Å². The monoisotopic (exact) mass is 366 g/mol. The van der Waals surface area contributed by atoms with Gasteiger partial charge in [0.05, 0.1) is 12.4 Å². The zero-order valence-corrected chi connectivity index (χ0v) is 13.7. The fourth-order valence-electron chi connectivity index (χ4n) is 0.859. The highest BCUT2D eigenvalue weighted by atomic mass is 127. The van der Waals surface area contributed by atoms with Crippen molar-refractivity contribution in [3.63, 3.8) is 0 Å². The molecule has 5 heteroatoms. The highest BCUT2D eigenvalue weighted by molar-refractivity contribution is 14.1. The van der Waals surface area contributed by atoms with Crippen molar-refractivity contribution >= 4 is 22.6 Å². The molecule has 0 spiro atoms. The van der Waals surface area contributed by atoms with Crippen molar-refractivity contribution in [2.24, 2.45) is 7.05 Å². The Labute approximate surface area is 125 Å². The van der Waals surface area contributed by atoms with E-state index in [-0.39, 0.29) is 7.43 Å². The molecule has 106 valence electrons. The summed E-state index contributed by atoms with van der Waals surface area (Å²) in [6.07, 6.45) is 7.43. The number of nitrogens with zero attached hydrogens (tertiary/aromatic N) is 3. The first-order chi connectivity index (χ1) is 8.18. The number of alkyl halides is 1. The quantitative estimate of drug-likeness (QED) is 0.562. The van der Waals surface area contributed by atoms with Crippen LogP contribution in [-0.2, 0) is 7.05 Å². The number of aromatic nitrogens is 4. The second kappa shape index (κ2) is 16.1. The molecule has 0 aliphatic heterocycles. The van der Waals surface area contributed by atoms with Gasteiger partial charge in [-0.05, 0) is 29.9 Å². The maximum Gasteiger partial charge on any atom is 0.0518 e. The number of hydrogen-bond acceptors (Lipinski definition) is 2. The maximum absolute atomic E-state index is 3.93. The van der Waals surface area contributed by atoms with E-state index in [0.29, 0.717) is 0 Å². The summed E-state index contributed by atoms with van der Waals surface area (Å²) in [5.41, 5.74) is 2.39. The molecule has 0 aromatic carbocycles. The fourth-order valence-corrected chi connectivity index (χ4v) is 0.859. The molecule has 0 fully saturated rings. The first kappa shape index (κ1) is 22.3. The second-order valence-electron chi connectivity index (χ2n) is 2.97. The van der Waals surface area contributed by atoms with Crippen LogP contribution < -0.4 is 0 Å².